The van der Waals surface area contributed by atoms with Crippen molar-refractivity contribution < 1.29 is 42.5 Å². The Morgan fingerprint density at radius 1 is 0.500 bits per heavy atom. The molecule has 0 aliphatic heterocycles. The molecule has 1 aliphatic rings. The molecule has 0 radical (unpaired) electrons. The van der Waals surface area contributed by atoms with E-state index in [0.29, 0.717) is 28.9 Å². The quantitative estimate of drug-likeness (QED) is 0.108. The van der Waals surface area contributed by atoms with Gasteiger partial charge in [-0.15, -0.1) is 0 Å². The number of carboxylic acid groups (broad SMARTS) is 2. The van der Waals surface area contributed by atoms with Crippen molar-refractivity contribution in [3.8, 4) is 5.75 Å². The molecule has 9 heteroatoms. The number of carbonyl (C=O) groups excluding carboxylic acids is 1. The summed E-state index contributed by atoms with van der Waals surface area (Å²) < 4.78 is 48.6. The zero-order chi connectivity index (χ0) is 38.2. The Morgan fingerprint density at radius 3 is 1.37 bits per heavy atom. The van der Waals surface area contributed by atoms with Crippen LogP contribution in [0.5, 0.6) is 5.75 Å². The van der Waals surface area contributed by atoms with Crippen molar-refractivity contribution in [2.24, 2.45) is 0 Å². The summed E-state index contributed by atoms with van der Waals surface area (Å²) in [5.74, 6) is -3.91. The SMILES string of the molecule is O=C(O)c1ccc(/C=C/c2ccccc2F)cc1.O=COc1ccc([C@H]2[C@@H](c3ccc(C(=O)O)cc3)[C@H](c3ccccc3F)[C@@H]2c2ccccc2F)cc1. The van der Waals surface area contributed by atoms with Crippen LogP contribution in [0.15, 0.2) is 146 Å². The molecular formula is C45H33F3O6. The molecule has 2 N–H and O–H groups in total. The Balaban J connectivity index is 0.000000232. The van der Waals surface area contributed by atoms with Gasteiger partial charge < -0.3 is 14.9 Å². The van der Waals surface area contributed by atoms with Crippen LogP contribution < -0.4 is 4.74 Å². The van der Waals surface area contributed by atoms with E-state index in [1.54, 1.807) is 103 Å². The molecule has 4 atom stereocenters. The largest absolute Gasteiger partial charge is 0.478 e. The third-order valence-corrected chi connectivity index (χ3v) is 9.59. The lowest BCUT2D eigenvalue weighted by atomic mass is 9.49. The average Bonchev–Trinajstić information content (AvgIpc) is 3.17. The van der Waals surface area contributed by atoms with Crippen LogP contribution >= 0.6 is 0 Å². The molecule has 0 aromatic heterocycles. The van der Waals surface area contributed by atoms with Crippen molar-refractivity contribution >= 4 is 30.6 Å². The number of hydrogen-bond donors (Lipinski definition) is 2. The standard InChI is InChI=1S/C30H22F2O4.C15H11FO2/c31-24-7-3-1-5-22(24)28-26(18-9-11-20(12-10-18)30(34)35)27(19-13-15-21(16-14-19)36-17-33)29(28)23-6-2-4-8-25(23)32;16-14-4-2-1-3-12(14)8-5-11-6-9-13(10-7-11)15(17)18/h1-17,26-29H,(H,34,35);1-10H,(H,17,18)/b;8-5+/t26-,27+,28+,29-;/m1./s1. The number of ether oxygens (including phenoxy) is 1. The van der Waals surface area contributed by atoms with E-state index < -0.39 is 17.9 Å². The molecule has 270 valence electrons. The number of hydrogen-bond acceptors (Lipinski definition) is 4. The summed E-state index contributed by atoms with van der Waals surface area (Å²) >= 11 is 0. The van der Waals surface area contributed by atoms with Gasteiger partial charge in [0.2, 0.25) is 0 Å². The van der Waals surface area contributed by atoms with Gasteiger partial charge in [-0.25, -0.2) is 22.8 Å². The van der Waals surface area contributed by atoms with Gasteiger partial charge in [0.1, 0.15) is 23.2 Å². The maximum atomic E-state index is 15.2. The van der Waals surface area contributed by atoms with Crippen LogP contribution in [0.3, 0.4) is 0 Å². The third kappa shape index (κ3) is 8.16. The second-order valence-electron chi connectivity index (χ2n) is 12.6. The molecule has 6 aromatic carbocycles. The summed E-state index contributed by atoms with van der Waals surface area (Å²) in [6.07, 6.45) is 3.40. The van der Waals surface area contributed by atoms with E-state index in [1.807, 2.05) is 12.1 Å². The number of aromatic carboxylic acids is 2. The van der Waals surface area contributed by atoms with Crippen molar-refractivity contribution in [3.05, 3.63) is 208 Å². The maximum Gasteiger partial charge on any atom is 0.335 e. The molecule has 0 saturated heterocycles. The number of benzene rings is 6. The van der Waals surface area contributed by atoms with E-state index in [4.69, 9.17) is 9.84 Å². The second kappa shape index (κ2) is 16.7. The summed E-state index contributed by atoms with van der Waals surface area (Å²) in [6, 6.07) is 39.5. The van der Waals surface area contributed by atoms with Crippen LogP contribution in [0.2, 0.25) is 0 Å². The zero-order valence-corrected chi connectivity index (χ0v) is 28.6. The lowest BCUT2D eigenvalue weighted by molar-refractivity contribution is -0.120. The first-order valence-corrected chi connectivity index (χ1v) is 16.9. The highest BCUT2D eigenvalue weighted by Gasteiger charge is 2.54. The third-order valence-electron chi connectivity index (χ3n) is 9.59. The lowest BCUT2D eigenvalue weighted by Crippen LogP contribution is -2.41. The highest BCUT2D eigenvalue weighted by atomic mass is 19.1. The fraction of sp³-hybridized carbons (Fsp3) is 0.0889. The molecule has 0 unspecified atom stereocenters. The summed E-state index contributed by atoms with van der Waals surface area (Å²) in [4.78, 5) is 32.8. The maximum absolute atomic E-state index is 15.2. The summed E-state index contributed by atoms with van der Waals surface area (Å²) in [6.45, 7) is 0.349. The van der Waals surface area contributed by atoms with Gasteiger partial charge in [-0.1, -0.05) is 103 Å². The first-order valence-electron chi connectivity index (χ1n) is 16.9. The van der Waals surface area contributed by atoms with Gasteiger partial charge in [-0.3, -0.25) is 4.79 Å². The smallest absolute Gasteiger partial charge is 0.335 e. The van der Waals surface area contributed by atoms with Crippen molar-refractivity contribution in [2.45, 2.75) is 23.7 Å². The van der Waals surface area contributed by atoms with Gasteiger partial charge in [0.05, 0.1) is 11.1 Å². The molecule has 0 heterocycles. The first kappa shape index (κ1) is 37.0. The second-order valence-corrected chi connectivity index (χ2v) is 12.6. The van der Waals surface area contributed by atoms with E-state index in [1.165, 1.54) is 42.5 Å². The molecule has 6 nitrogen and oxygen atoms in total. The van der Waals surface area contributed by atoms with Crippen molar-refractivity contribution in [1.82, 2.24) is 0 Å². The fourth-order valence-electron chi connectivity index (χ4n) is 7.05. The Kier molecular flexibility index (Phi) is 11.5. The van der Waals surface area contributed by atoms with Gasteiger partial charge in [-0.05, 0) is 94.3 Å². The minimum absolute atomic E-state index is 0.151. The zero-order valence-electron chi connectivity index (χ0n) is 28.6. The van der Waals surface area contributed by atoms with Gasteiger partial charge in [0.15, 0.2) is 0 Å². The molecule has 54 heavy (non-hydrogen) atoms. The number of carboxylic acids is 2. The van der Waals surface area contributed by atoms with Crippen LogP contribution in [-0.2, 0) is 4.79 Å². The van der Waals surface area contributed by atoms with E-state index in [2.05, 4.69) is 0 Å². The molecule has 7 rings (SSSR count). The summed E-state index contributed by atoms with van der Waals surface area (Å²) in [5, 5.41) is 18.1. The van der Waals surface area contributed by atoms with Crippen molar-refractivity contribution in [3.63, 3.8) is 0 Å². The minimum atomic E-state index is -1.03. The fourth-order valence-corrected chi connectivity index (χ4v) is 7.05. The van der Waals surface area contributed by atoms with Crippen LogP contribution in [0, 0.1) is 17.5 Å². The lowest BCUT2D eigenvalue weighted by Gasteiger charge is -2.53. The van der Waals surface area contributed by atoms with Gasteiger partial charge >= 0.3 is 11.9 Å². The van der Waals surface area contributed by atoms with Gasteiger partial charge in [0, 0.05) is 17.4 Å². The first-order chi connectivity index (χ1) is 26.2. The van der Waals surface area contributed by atoms with Crippen LogP contribution in [-0.4, -0.2) is 28.6 Å². The predicted octanol–water partition coefficient (Wildman–Crippen LogP) is 10.3. The molecule has 0 bridgehead atoms. The normalized spacial score (nSPS) is 17.5. The Hall–Kier alpha value is -6.74. The number of carbonyl (C=O) groups is 3. The van der Waals surface area contributed by atoms with Crippen LogP contribution in [0.1, 0.15) is 77.8 Å². The van der Waals surface area contributed by atoms with Gasteiger partial charge in [0.25, 0.3) is 6.47 Å². The number of rotatable bonds is 10. The highest BCUT2D eigenvalue weighted by Crippen LogP contribution is 2.67. The van der Waals surface area contributed by atoms with Crippen LogP contribution in [0.25, 0.3) is 12.2 Å². The molecule has 0 spiro atoms. The monoisotopic (exact) mass is 726 g/mol. The molecule has 0 amide bonds. The molecule has 1 aliphatic carbocycles. The van der Waals surface area contributed by atoms with E-state index >= 15 is 8.78 Å². The average molecular weight is 727 g/mol. The van der Waals surface area contributed by atoms with Crippen LogP contribution in [0.4, 0.5) is 13.2 Å². The summed E-state index contributed by atoms with van der Waals surface area (Å²) in [7, 11) is 0. The molecular weight excluding hydrogens is 693 g/mol. The minimum Gasteiger partial charge on any atom is -0.478 e. The highest BCUT2D eigenvalue weighted by molar-refractivity contribution is 5.88. The van der Waals surface area contributed by atoms with Gasteiger partial charge in [-0.2, -0.15) is 0 Å². The van der Waals surface area contributed by atoms with Crippen molar-refractivity contribution in [2.75, 3.05) is 0 Å². The molecule has 1 saturated carbocycles. The van der Waals surface area contributed by atoms with E-state index in [9.17, 15) is 23.9 Å². The van der Waals surface area contributed by atoms with E-state index in [-0.39, 0.29) is 46.3 Å². The molecule has 6 aromatic rings. The number of halogens is 3. The van der Waals surface area contributed by atoms with Crippen molar-refractivity contribution in [1.29, 1.82) is 0 Å². The van der Waals surface area contributed by atoms with E-state index in [0.717, 1.165) is 16.7 Å². The predicted molar refractivity (Wildman–Crippen MR) is 199 cm³/mol. The topological polar surface area (TPSA) is 101 Å². The summed E-state index contributed by atoms with van der Waals surface area (Å²) in [5.41, 5.74) is 4.39. The molecule has 1 fully saturated rings. The Morgan fingerprint density at radius 2 is 0.926 bits per heavy atom. The Labute approximate surface area is 309 Å². The Bertz CT molecular complexity index is 2290.